The molecule has 0 radical (unpaired) electrons. The van der Waals surface area contributed by atoms with Crippen molar-refractivity contribution in [1.82, 2.24) is 4.90 Å². The third-order valence-electron chi connectivity index (χ3n) is 3.45. The molecule has 0 saturated heterocycles. The molecule has 3 nitrogen and oxygen atoms in total. The Balaban J connectivity index is 2.08. The number of rotatable bonds is 4. The van der Waals surface area contributed by atoms with Crippen LogP contribution in [0.5, 0.6) is 0 Å². The predicted molar refractivity (Wildman–Crippen MR) is 66.4 cm³/mol. The van der Waals surface area contributed by atoms with E-state index in [1.165, 1.54) is 12.8 Å². The topological polar surface area (TPSA) is 33.5 Å². The minimum absolute atomic E-state index is 0.0607. The molecule has 1 heterocycles. The van der Waals surface area contributed by atoms with Gasteiger partial charge in [0.15, 0.2) is 0 Å². The summed E-state index contributed by atoms with van der Waals surface area (Å²) in [6.45, 7) is 4.55. The Morgan fingerprint density at radius 2 is 2.18 bits per heavy atom. The Bertz CT molecular complexity index is 350. The largest absolute Gasteiger partial charge is 0.467 e. The molecule has 1 saturated carbocycles. The molecule has 0 bridgehead atoms. The number of hydrogen-bond acceptors (Lipinski definition) is 2. The number of furan rings is 1. The maximum atomic E-state index is 12.2. The van der Waals surface area contributed by atoms with Gasteiger partial charge in [-0.1, -0.05) is 26.7 Å². The molecular weight excluding hydrogens is 214 g/mol. The molecule has 0 N–H and O–H groups in total. The van der Waals surface area contributed by atoms with E-state index >= 15 is 0 Å². The fraction of sp³-hybridized carbons (Fsp3) is 0.643. The van der Waals surface area contributed by atoms with E-state index in [9.17, 15) is 4.79 Å². The fourth-order valence-electron chi connectivity index (χ4n) is 2.50. The number of nitrogens with zero attached hydrogens (tertiary/aromatic N) is 1. The zero-order chi connectivity index (χ0) is 12.3. The standard InChI is InChI=1S/C14H21NO2/c1-11(2)14(16)15(12-6-3-4-7-12)10-13-8-5-9-17-13/h5,8-9,11-12H,3-4,6-7,10H2,1-2H3. The van der Waals surface area contributed by atoms with Crippen LogP contribution in [-0.4, -0.2) is 16.8 Å². The molecule has 3 heteroatoms. The second-order valence-corrected chi connectivity index (χ2v) is 5.14. The highest BCUT2D eigenvalue weighted by molar-refractivity contribution is 5.78. The third kappa shape index (κ3) is 2.90. The van der Waals surface area contributed by atoms with Gasteiger partial charge in [0, 0.05) is 12.0 Å². The van der Waals surface area contributed by atoms with Gasteiger partial charge in [0.05, 0.1) is 12.8 Å². The van der Waals surface area contributed by atoms with Crippen molar-refractivity contribution in [1.29, 1.82) is 0 Å². The highest BCUT2D eigenvalue weighted by atomic mass is 16.3. The molecule has 0 aromatic carbocycles. The number of carbonyl (C=O) groups excluding carboxylic acids is 1. The lowest BCUT2D eigenvalue weighted by atomic mass is 10.1. The van der Waals surface area contributed by atoms with E-state index < -0.39 is 0 Å². The number of hydrogen-bond donors (Lipinski definition) is 0. The molecule has 2 rings (SSSR count). The van der Waals surface area contributed by atoms with Crippen molar-refractivity contribution in [3.05, 3.63) is 24.2 Å². The van der Waals surface area contributed by atoms with Crippen molar-refractivity contribution < 1.29 is 9.21 Å². The van der Waals surface area contributed by atoms with Crippen molar-refractivity contribution in [3.8, 4) is 0 Å². The first-order chi connectivity index (χ1) is 8.18. The molecular formula is C14H21NO2. The van der Waals surface area contributed by atoms with E-state index in [1.807, 2.05) is 30.9 Å². The maximum Gasteiger partial charge on any atom is 0.225 e. The molecule has 1 aliphatic carbocycles. The smallest absolute Gasteiger partial charge is 0.225 e. The van der Waals surface area contributed by atoms with E-state index in [4.69, 9.17) is 4.42 Å². The van der Waals surface area contributed by atoms with Crippen LogP contribution < -0.4 is 0 Å². The van der Waals surface area contributed by atoms with Crippen LogP contribution in [0, 0.1) is 5.92 Å². The van der Waals surface area contributed by atoms with E-state index in [2.05, 4.69) is 0 Å². The van der Waals surface area contributed by atoms with Gasteiger partial charge >= 0.3 is 0 Å². The van der Waals surface area contributed by atoms with Crippen molar-refractivity contribution in [2.75, 3.05) is 0 Å². The van der Waals surface area contributed by atoms with Crippen molar-refractivity contribution in [2.45, 2.75) is 52.1 Å². The molecule has 1 aromatic heterocycles. The lowest BCUT2D eigenvalue weighted by molar-refractivity contribution is -0.137. The molecule has 1 fully saturated rings. The van der Waals surface area contributed by atoms with Crippen molar-refractivity contribution in [3.63, 3.8) is 0 Å². The Kier molecular flexibility index (Phi) is 3.87. The fourth-order valence-corrected chi connectivity index (χ4v) is 2.50. The van der Waals surface area contributed by atoms with Crippen LogP contribution in [0.15, 0.2) is 22.8 Å². The number of amides is 1. The first-order valence-electron chi connectivity index (χ1n) is 6.51. The minimum Gasteiger partial charge on any atom is -0.467 e. The average Bonchev–Trinajstić information content (AvgIpc) is 2.97. The van der Waals surface area contributed by atoms with Gasteiger partial charge in [-0.05, 0) is 25.0 Å². The molecule has 1 amide bonds. The quantitative estimate of drug-likeness (QED) is 0.803. The Hall–Kier alpha value is -1.25. The first-order valence-corrected chi connectivity index (χ1v) is 6.51. The summed E-state index contributed by atoms with van der Waals surface area (Å²) in [4.78, 5) is 14.3. The summed E-state index contributed by atoms with van der Waals surface area (Å²) >= 11 is 0. The van der Waals surface area contributed by atoms with Gasteiger partial charge in [0.2, 0.25) is 5.91 Å². The summed E-state index contributed by atoms with van der Waals surface area (Å²) in [5, 5.41) is 0. The van der Waals surface area contributed by atoms with Gasteiger partial charge < -0.3 is 9.32 Å². The SMILES string of the molecule is CC(C)C(=O)N(Cc1ccco1)C1CCCC1. The molecule has 94 valence electrons. The minimum atomic E-state index is 0.0607. The Morgan fingerprint density at radius 1 is 1.47 bits per heavy atom. The van der Waals surface area contributed by atoms with Crippen LogP contribution in [0.2, 0.25) is 0 Å². The van der Waals surface area contributed by atoms with E-state index in [0.29, 0.717) is 12.6 Å². The molecule has 17 heavy (non-hydrogen) atoms. The van der Waals surface area contributed by atoms with Crippen LogP contribution in [0.25, 0.3) is 0 Å². The molecule has 1 aliphatic rings. The van der Waals surface area contributed by atoms with Crippen LogP contribution in [0.3, 0.4) is 0 Å². The highest BCUT2D eigenvalue weighted by Gasteiger charge is 2.28. The van der Waals surface area contributed by atoms with Gasteiger partial charge in [-0.2, -0.15) is 0 Å². The Morgan fingerprint density at radius 3 is 2.71 bits per heavy atom. The zero-order valence-corrected chi connectivity index (χ0v) is 10.7. The lowest BCUT2D eigenvalue weighted by Crippen LogP contribution is -2.40. The van der Waals surface area contributed by atoms with Crippen molar-refractivity contribution in [2.24, 2.45) is 5.92 Å². The van der Waals surface area contributed by atoms with Crippen molar-refractivity contribution >= 4 is 5.91 Å². The second kappa shape index (κ2) is 5.39. The predicted octanol–water partition coefficient (Wildman–Crippen LogP) is 3.21. The average molecular weight is 235 g/mol. The molecule has 0 unspecified atom stereocenters. The summed E-state index contributed by atoms with van der Waals surface area (Å²) in [7, 11) is 0. The molecule has 0 spiro atoms. The van der Waals surface area contributed by atoms with Gasteiger partial charge in [0.1, 0.15) is 5.76 Å². The van der Waals surface area contributed by atoms with E-state index in [-0.39, 0.29) is 11.8 Å². The summed E-state index contributed by atoms with van der Waals surface area (Å²) < 4.78 is 5.36. The van der Waals surface area contributed by atoms with Crippen LogP contribution in [0.1, 0.15) is 45.3 Å². The van der Waals surface area contributed by atoms with Crippen LogP contribution >= 0.6 is 0 Å². The lowest BCUT2D eigenvalue weighted by Gasteiger charge is -2.29. The Labute approximate surface area is 103 Å². The maximum absolute atomic E-state index is 12.2. The first kappa shape index (κ1) is 12.2. The normalized spacial score (nSPS) is 16.6. The second-order valence-electron chi connectivity index (χ2n) is 5.14. The van der Waals surface area contributed by atoms with Gasteiger partial charge in [-0.15, -0.1) is 0 Å². The monoisotopic (exact) mass is 235 g/mol. The van der Waals surface area contributed by atoms with Gasteiger partial charge in [-0.3, -0.25) is 4.79 Å². The number of carbonyl (C=O) groups is 1. The summed E-state index contributed by atoms with van der Waals surface area (Å²) in [5.41, 5.74) is 0. The molecule has 0 aliphatic heterocycles. The van der Waals surface area contributed by atoms with Crippen LogP contribution in [0.4, 0.5) is 0 Å². The summed E-state index contributed by atoms with van der Waals surface area (Å²) in [6.07, 6.45) is 6.43. The van der Waals surface area contributed by atoms with E-state index in [0.717, 1.165) is 18.6 Å². The van der Waals surface area contributed by atoms with E-state index in [1.54, 1.807) is 6.26 Å². The third-order valence-corrected chi connectivity index (χ3v) is 3.45. The molecule has 0 atom stereocenters. The summed E-state index contributed by atoms with van der Waals surface area (Å²) in [5.74, 6) is 1.18. The van der Waals surface area contributed by atoms with Gasteiger partial charge in [0.25, 0.3) is 0 Å². The zero-order valence-electron chi connectivity index (χ0n) is 10.7. The molecule has 1 aromatic rings. The van der Waals surface area contributed by atoms with Crippen LogP contribution in [-0.2, 0) is 11.3 Å². The van der Waals surface area contributed by atoms with Gasteiger partial charge in [-0.25, -0.2) is 0 Å². The summed E-state index contributed by atoms with van der Waals surface area (Å²) in [6, 6.07) is 4.23. The highest BCUT2D eigenvalue weighted by Crippen LogP contribution is 2.26.